The van der Waals surface area contributed by atoms with E-state index in [1.165, 1.54) is 23.7 Å². The van der Waals surface area contributed by atoms with Gasteiger partial charge in [-0.15, -0.1) is 0 Å². The van der Waals surface area contributed by atoms with Crippen molar-refractivity contribution in [3.05, 3.63) is 102 Å². The number of para-hydroxylation sites is 1. The fourth-order valence-corrected chi connectivity index (χ4v) is 3.46. The second-order valence-corrected chi connectivity index (χ2v) is 7.28. The Hall–Kier alpha value is -4.32. The number of nitrogens with one attached hydrogen (secondary N) is 1. The largest absolute Gasteiger partial charge is 0.507 e. The van der Waals surface area contributed by atoms with Crippen LogP contribution in [0.15, 0.2) is 90.0 Å². The van der Waals surface area contributed by atoms with Gasteiger partial charge in [0, 0.05) is 0 Å². The molecular weight excluding hydrogens is 416 g/mol. The lowest BCUT2D eigenvalue weighted by molar-refractivity contribution is 0.0952. The van der Waals surface area contributed by atoms with Gasteiger partial charge in [-0.1, -0.05) is 54.6 Å². The van der Waals surface area contributed by atoms with Gasteiger partial charge < -0.3 is 14.6 Å². The molecule has 4 aromatic rings. The van der Waals surface area contributed by atoms with E-state index in [9.17, 15) is 9.90 Å². The van der Waals surface area contributed by atoms with Gasteiger partial charge in [-0.2, -0.15) is 5.10 Å². The van der Waals surface area contributed by atoms with Gasteiger partial charge >= 0.3 is 0 Å². The third kappa shape index (κ3) is 5.30. The van der Waals surface area contributed by atoms with E-state index in [1.54, 1.807) is 18.2 Å². The Bertz CT molecular complexity index is 1300. The number of phenols is 1. The first-order valence-electron chi connectivity index (χ1n) is 10.6. The molecule has 33 heavy (non-hydrogen) atoms. The fourth-order valence-electron chi connectivity index (χ4n) is 3.46. The lowest BCUT2D eigenvalue weighted by atomic mass is 10.1. The molecule has 0 saturated heterocycles. The maximum atomic E-state index is 12.2. The van der Waals surface area contributed by atoms with Crippen LogP contribution in [0, 0.1) is 0 Å². The molecule has 0 fully saturated rings. The highest BCUT2D eigenvalue weighted by Gasteiger charge is 2.10. The van der Waals surface area contributed by atoms with Gasteiger partial charge in [-0.25, -0.2) is 5.43 Å². The molecular formula is C27H24N2O4. The Morgan fingerprint density at radius 1 is 0.939 bits per heavy atom. The summed E-state index contributed by atoms with van der Waals surface area (Å²) in [5, 5.41) is 16.1. The molecule has 2 N–H and O–H groups in total. The molecule has 1 amide bonds. The molecule has 0 heterocycles. The molecule has 0 bridgehead atoms. The van der Waals surface area contributed by atoms with E-state index in [0.29, 0.717) is 24.7 Å². The van der Waals surface area contributed by atoms with Crippen LogP contribution in [0.5, 0.6) is 17.2 Å². The van der Waals surface area contributed by atoms with Crippen LogP contribution >= 0.6 is 0 Å². The molecule has 166 valence electrons. The van der Waals surface area contributed by atoms with Gasteiger partial charge in [0.15, 0.2) is 11.5 Å². The Labute approximate surface area is 192 Å². The highest BCUT2D eigenvalue weighted by molar-refractivity contribution is 5.97. The summed E-state index contributed by atoms with van der Waals surface area (Å²) >= 11 is 0. The van der Waals surface area contributed by atoms with Crippen molar-refractivity contribution < 1.29 is 19.4 Å². The topological polar surface area (TPSA) is 80.2 Å². The van der Waals surface area contributed by atoms with Crippen molar-refractivity contribution in [3.63, 3.8) is 0 Å². The second kappa shape index (κ2) is 10.3. The highest BCUT2D eigenvalue weighted by atomic mass is 16.5. The lowest BCUT2D eigenvalue weighted by Gasteiger charge is -2.13. The summed E-state index contributed by atoms with van der Waals surface area (Å²) < 4.78 is 11.8. The minimum Gasteiger partial charge on any atom is -0.507 e. The van der Waals surface area contributed by atoms with Crippen LogP contribution < -0.4 is 14.9 Å². The maximum absolute atomic E-state index is 12.2. The third-order valence-corrected chi connectivity index (χ3v) is 5.06. The number of benzene rings is 4. The van der Waals surface area contributed by atoms with Gasteiger partial charge in [0.2, 0.25) is 0 Å². The van der Waals surface area contributed by atoms with Crippen LogP contribution in [-0.4, -0.2) is 23.8 Å². The first kappa shape index (κ1) is 21.9. The number of nitrogens with zero attached hydrogens (tertiary/aromatic N) is 1. The van der Waals surface area contributed by atoms with E-state index in [2.05, 4.69) is 34.8 Å². The number of phenolic OH excluding ortho intramolecular Hbond substituents is 1. The molecule has 6 heteroatoms. The van der Waals surface area contributed by atoms with Crippen molar-refractivity contribution >= 4 is 22.9 Å². The minimum atomic E-state index is -0.496. The first-order valence-corrected chi connectivity index (χ1v) is 10.6. The summed E-state index contributed by atoms with van der Waals surface area (Å²) in [6.07, 6.45) is 1.51. The van der Waals surface area contributed by atoms with E-state index in [0.717, 1.165) is 16.5 Å². The van der Waals surface area contributed by atoms with E-state index in [4.69, 9.17) is 9.47 Å². The molecule has 0 spiro atoms. The van der Waals surface area contributed by atoms with Crippen molar-refractivity contribution in [2.75, 3.05) is 6.61 Å². The second-order valence-electron chi connectivity index (χ2n) is 7.28. The van der Waals surface area contributed by atoms with E-state index in [1.807, 2.05) is 37.3 Å². The molecule has 4 rings (SSSR count). The number of hydrazone groups is 1. The number of carbonyl (C=O) groups excluding carboxylic acids is 1. The van der Waals surface area contributed by atoms with Gasteiger partial charge in [-0.05, 0) is 59.2 Å². The van der Waals surface area contributed by atoms with Gasteiger partial charge in [0.1, 0.15) is 12.4 Å². The molecule has 6 nitrogen and oxygen atoms in total. The van der Waals surface area contributed by atoms with Gasteiger partial charge in [0.05, 0.1) is 18.4 Å². The average molecular weight is 440 g/mol. The fraction of sp³-hybridized carbons (Fsp3) is 0.111. The Kier molecular flexibility index (Phi) is 6.85. The summed E-state index contributed by atoms with van der Waals surface area (Å²) in [6, 6.07) is 26.1. The predicted octanol–water partition coefficient (Wildman–Crippen LogP) is 5.29. The molecule has 0 saturated carbocycles. The summed E-state index contributed by atoms with van der Waals surface area (Å²) in [5.41, 5.74) is 4.39. The van der Waals surface area contributed by atoms with Crippen LogP contribution in [0.25, 0.3) is 10.8 Å². The van der Waals surface area contributed by atoms with Crippen LogP contribution in [0.4, 0.5) is 0 Å². The zero-order chi connectivity index (χ0) is 23.0. The number of carbonyl (C=O) groups is 1. The van der Waals surface area contributed by atoms with Crippen molar-refractivity contribution in [2.24, 2.45) is 5.10 Å². The number of rotatable bonds is 8. The number of ether oxygens (including phenoxy) is 2. The van der Waals surface area contributed by atoms with Crippen LogP contribution in [-0.2, 0) is 6.61 Å². The summed E-state index contributed by atoms with van der Waals surface area (Å²) in [6.45, 7) is 2.79. The Morgan fingerprint density at radius 3 is 2.58 bits per heavy atom. The molecule has 0 aliphatic heterocycles. The van der Waals surface area contributed by atoms with E-state index < -0.39 is 5.91 Å². The molecule has 0 radical (unpaired) electrons. The quantitative estimate of drug-likeness (QED) is 0.288. The van der Waals surface area contributed by atoms with Crippen molar-refractivity contribution in [1.82, 2.24) is 5.43 Å². The summed E-state index contributed by atoms with van der Waals surface area (Å²) in [5.74, 6) is 0.620. The molecule has 0 aliphatic rings. The van der Waals surface area contributed by atoms with Crippen LogP contribution in [0.1, 0.15) is 28.4 Å². The zero-order valence-electron chi connectivity index (χ0n) is 18.2. The third-order valence-electron chi connectivity index (χ3n) is 5.06. The maximum Gasteiger partial charge on any atom is 0.275 e. The first-order chi connectivity index (χ1) is 16.2. The number of hydrogen-bond acceptors (Lipinski definition) is 5. The number of aromatic hydroxyl groups is 1. The molecule has 4 aromatic carbocycles. The van der Waals surface area contributed by atoms with Gasteiger partial charge in [-0.3, -0.25) is 4.79 Å². The van der Waals surface area contributed by atoms with Crippen molar-refractivity contribution in [1.29, 1.82) is 0 Å². The predicted molar refractivity (Wildman–Crippen MR) is 129 cm³/mol. The molecule has 0 atom stereocenters. The van der Waals surface area contributed by atoms with Crippen molar-refractivity contribution in [2.45, 2.75) is 13.5 Å². The summed E-state index contributed by atoms with van der Waals surface area (Å²) in [4.78, 5) is 12.2. The standard InChI is InChI=1S/C27H24N2O4/c1-2-32-26-16-19(17-28-29-27(31)23-12-5-6-13-24(23)30)14-15-25(26)33-18-21-10-7-9-20-8-3-4-11-22(20)21/h3-17,30H,2,18H2,1H3,(H,29,31). The minimum absolute atomic E-state index is 0.100. The van der Waals surface area contributed by atoms with Crippen LogP contribution in [0.2, 0.25) is 0 Å². The van der Waals surface area contributed by atoms with E-state index >= 15 is 0 Å². The van der Waals surface area contributed by atoms with Crippen molar-refractivity contribution in [3.8, 4) is 17.2 Å². The SMILES string of the molecule is CCOc1cc(C=NNC(=O)c2ccccc2O)ccc1OCc1cccc2ccccc12. The zero-order valence-corrected chi connectivity index (χ0v) is 18.2. The smallest absolute Gasteiger partial charge is 0.275 e. The number of hydrogen-bond donors (Lipinski definition) is 2. The Morgan fingerprint density at radius 2 is 1.73 bits per heavy atom. The van der Waals surface area contributed by atoms with E-state index in [-0.39, 0.29) is 11.3 Å². The number of amides is 1. The monoisotopic (exact) mass is 440 g/mol. The molecule has 0 unspecified atom stereocenters. The van der Waals surface area contributed by atoms with Crippen LogP contribution in [0.3, 0.4) is 0 Å². The summed E-state index contributed by atoms with van der Waals surface area (Å²) in [7, 11) is 0. The normalized spacial score (nSPS) is 10.9. The highest BCUT2D eigenvalue weighted by Crippen LogP contribution is 2.30. The Balaban J connectivity index is 1.46. The molecule has 0 aromatic heterocycles. The van der Waals surface area contributed by atoms with Gasteiger partial charge in [0.25, 0.3) is 5.91 Å². The average Bonchev–Trinajstić information content (AvgIpc) is 2.84. The number of fused-ring (bicyclic) bond motifs is 1. The molecule has 0 aliphatic carbocycles. The lowest BCUT2D eigenvalue weighted by Crippen LogP contribution is -2.17.